The highest BCUT2D eigenvalue weighted by atomic mass is 35.5. The molecule has 0 spiro atoms. The van der Waals surface area contributed by atoms with Crippen molar-refractivity contribution >= 4 is 44.8 Å². The van der Waals surface area contributed by atoms with Crippen LogP contribution in [-0.4, -0.2) is 15.1 Å². The first-order valence-electron chi connectivity index (χ1n) is 11.4. The van der Waals surface area contributed by atoms with Crippen LogP contribution in [0.25, 0.3) is 21.5 Å². The third kappa shape index (κ3) is 4.32. The quantitative estimate of drug-likeness (QED) is 0.275. The highest BCUT2D eigenvalue weighted by molar-refractivity contribution is 7.19. The maximum absolute atomic E-state index is 6.38. The van der Waals surface area contributed by atoms with Crippen LogP contribution in [0.2, 0.25) is 10.0 Å². The molecule has 178 valence electrons. The molecule has 5 nitrogen and oxygen atoms in total. The van der Waals surface area contributed by atoms with Crippen molar-refractivity contribution in [2.24, 2.45) is 11.3 Å². The predicted molar refractivity (Wildman–Crippen MR) is 138 cm³/mol. The summed E-state index contributed by atoms with van der Waals surface area (Å²) < 4.78 is 11.3. The maximum Gasteiger partial charge on any atom is 0.318 e. The highest BCUT2D eigenvalue weighted by Crippen LogP contribution is 2.46. The minimum atomic E-state index is 0.273. The van der Waals surface area contributed by atoms with E-state index in [0.717, 1.165) is 57.8 Å². The molecular formula is C26H27Cl2N3O2S. The lowest BCUT2D eigenvalue weighted by molar-refractivity contribution is 0.218. The van der Waals surface area contributed by atoms with Crippen molar-refractivity contribution in [3.8, 4) is 17.3 Å². The molecule has 0 saturated heterocycles. The standard InChI is InChI=1S/C26H27Cl2N3O2S/c1-13-18(14(2)33-31-13)12-32-25-29-23(15-6-9-19(27)20(28)10-15)22-17-8-7-16(26(3,4)5)11-21(17)34-24(22)30-25/h6,9-10,16H,7-8,11-12H2,1-5H3. The zero-order chi connectivity index (χ0) is 24.2. The monoisotopic (exact) mass is 515 g/mol. The van der Waals surface area contributed by atoms with E-state index in [9.17, 15) is 0 Å². The van der Waals surface area contributed by atoms with Gasteiger partial charge in [-0.2, -0.15) is 9.97 Å². The Morgan fingerprint density at radius 1 is 1.15 bits per heavy atom. The number of aromatic nitrogens is 3. The summed E-state index contributed by atoms with van der Waals surface area (Å²) in [6, 6.07) is 5.97. The maximum atomic E-state index is 6.38. The van der Waals surface area contributed by atoms with Crippen molar-refractivity contribution < 1.29 is 9.26 Å². The van der Waals surface area contributed by atoms with Gasteiger partial charge in [-0.25, -0.2) is 0 Å². The van der Waals surface area contributed by atoms with E-state index < -0.39 is 0 Å². The van der Waals surface area contributed by atoms with Crippen LogP contribution in [0.1, 0.15) is 54.7 Å². The fraction of sp³-hybridized carbons (Fsp3) is 0.423. The number of hydrogen-bond acceptors (Lipinski definition) is 6. The first kappa shape index (κ1) is 23.6. The van der Waals surface area contributed by atoms with E-state index in [0.29, 0.717) is 28.6 Å². The molecular weight excluding hydrogens is 489 g/mol. The summed E-state index contributed by atoms with van der Waals surface area (Å²) in [7, 11) is 0. The van der Waals surface area contributed by atoms with Gasteiger partial charge in [-0.1, -0.05) is 55.2 Å². The Morgan fingerprint density at radius 2 is 1.94 bits per heavy atom. The van der Waals surface area contributed by atoms with Crippen LogP contribution in [-0.2, 0) is 19.4 Å². The van der Waals surface area contributed by atoms with Gasteiger partial charge in [-0.05, 0) is 62.1 Å². The van der Waals surface area contributed by atoms with E-state index in [1.54, 1.807) is 11.3 Å². The van der Waals surface area contributed by atoms with Gasteiger partial charge < -0.3 is 9.26 Å². The molecule has 3 heterocycles. The molecule has 3 aromatic heterocycles. The second-order valence-electron chi connectivity index (χ2n) is 10.1. The van der Waals surface area contributed by atoms with E-state index in [2.05, 4.69) is 25.9 Å². The van der Waals surface area contributed by atoms with E-state index in [4.69, 9.17) is 42.4 Å². The molecule has 0 aliphatic heterocycles. The summed E-state index contributed by atoms with van der Waals surface area (Å²) in [4.78, 5) is 12.0. The second-order valence-corrected chi connectivity index (χ2v) is 12.0. The van der Waals surface area contributed by atoms with E-state index >= 15 is 0 Å². The third-order valence-electron chi connectivity index (χ3n) is 6.83. The summed E-state index contributed by atoms with van der Waals surface area (Å²) in [5, 5.41) is 6.14. The Labute approximate surface area is 213 Å². The molecule has 1 unspecified atom stereocenters. The summed E-state index contributed by atoms with van der Waals surface area (Å²) in [6.45, 7) is 11.1. The van der Waals surface area contributed by atoms with Gasteiger partial charge in [-0.3, -0.25) is 0 Å². The number of aryl methyl sites for hydroxylation is 3. The molecule has 0 N–H and O–H groups in total. The van der Waals surface area contributed by atoms with Gasteiger partial charge in [0.05, 0.1) is 27.0 Å². The number of fused-ring (bicyclic) bond motifs is 3. The molecule has 34 heavy (non-hydrogen) atoms. The first-order valence-corrected chi connectivity index (χ1v) is 13.0. The molecule has 1 aromatic carbocycles. The lowest BCUT2D eigenvalue weighted by Gasteiger charge is -2.33. The van der Waals surface area contributed by atoms with Gasteiger partial charge in [0.25, 0.3) is 0 Å². The van der Waals surface area contributed by atoms with Gasteiger partial charge in [-0.15, -0.1) is 11.3 Å². The molecule has 0 radical (unpaired) electrons. The molecule has 0 bridgehead atoms. The largest absolute Gasteiger partial charge is 0.458 e. The predicted octanol–water partition coefficient (Wildman–Crippen LogP) is 8.00. The van der Waals surface area contributed by atoms with Crippen LogP contribution in [0.4, 0.5) is 0 Å². The molecule has 0 amide bonds. The van der Waals surface area contributed by atoms with Crippen molar-refractivity contribution in [3.63, 3.8) is 0 Å². The molecule has 1 atom stereocenters. The molecule has 0 fully saturated rings. The SMILES string of the molecule is Cc1noc(C)c1COc1nc(-c2ccc(Cl)c(Cl)c2)c2c3c(sc2n1)CC(C(C)(C)C)CC3. The molecule has 1 aliphatic carbocycles. The van der Waals surface area contributed by atoms with Gasteiger partial charge in [0, 0.05) is 15.8 Å². The summed E-state index contributed by atoms with van der Waals surface area (Å²) in [6.07, 6.45) is 3.25. The summed E-state index contributed by atoms with van der Waals surface area (Å²) in [5.74, 6) is 1.38. The number of halogens is 2. The Balaban J connectivity index is 1.61. The summed E-state index contributed by atoms with van der Waals surface area (Å²) in [5.41, 5.74) is 5.10. The zero-order valence-electron chi connectivity index (χ0n) is 20.0. The molecule has 8 heteroatoms. The van der Waals surface area contributed by atoms with Crippen LogP contribution >= 0.6 is 34.5 Å². The van der Waals surface area contributed by atoms with Crippen molar-refractivity contribution in [2.75, 3.05) is 0 Å². The fourth-order valence-electron chi connectivity index (χ4n) is 4.66. The number of thiophene rings is 1. The number of rotatable bonds is 4. The first-order chi connectivity index (χ1) is 16.1. The number of hydrogen-bond donors (Lipinski definition) is 0. The average molecular weight is 516 g/mol. The van der Waals surface area contributed by atoms with Gasteiger partial charge >= 0.3 is 6.01 Å². The normalized spacial score (nSPS) is 16.1. The van der Waals surface area contributed by atoms with Crippen molar-refractivity contribution in [1.29, 1.82) is 0 Å². The molecule has 1 aliphatic rings. The van der Waals surface area contributed by atoms with Crippen LogP contribution < -0.4 is 4.74 Å². The lowest BCUT2D eigenvalue weighted by atomic mass is 9.72. The Hall–Kier alpha value is -2.15. The van der Waals surface area contributed by atoms with Crippen LogP contribution in [0.5, 0.6) is 6.01 Å². The van der Waals surface area contributed by atoms with E-state index in [1.807, 2.05) is 32.0 Å². The van der Waals surface area contributed by atoms with Crippen molar-refractivity contribution in [2.45, 2.75) is 60.5 Å². The van der Waals surface area contributed by atoms with Crippen LogP contribution in [0, 0.1) is 25.2 Å². The number of benzene rings is 1. The summed E-state index contributed by atoms with van der Waals surface area (Å²) >= 11 is 14.3. The lowest BCUT2D eigenvalue weighted by Crippen LogP contribution is -2.26. The van der Waals surface area contributed by atoms with E-state index in [1.165, 1.54) is 10.4 Å². The van der Waals surface area contributed by atoms with Crippen LogP contribution in [0.15, 0.2) is 22.7 Å². The Morgan fingerprint density at radius 3 is 2.62 bits per heavy atom. The number of nitrogens with zero attached hydrogens (tertiary/aromatic N) is 3. The zero-order valence-corrected chi connectivity index (χ0v) is 22.3. The number of ether oxygens (including phenoxy) is 1. The fourth-order valence-corrected chi connectivity index (χ4v) is 6.25. The van der Waals surface area contributed by atoms with Gasteiger partial charge in [0.1, 0.15) is 17.2 Å². The average Bonchev–Trinajstić information content (AvgIpc) is 3.31. The van der Waals surface area contributed by atoms with Gasteiger partial charge in [0.2, 0.25) is 0 Å². The minimum absolute atomic E-state index is 0.273. The molecule has 4 aromatic rings. The Kier molecular flexibility index (Phi) is 6.11. The smallest absolute Gasteiger partial charge is 0.318 e. The van der Waals surface area contributed by atoms with E-state index in [-0.39, 0.29) is 5.41 Å². The third-order valence-corrected chi connectivity index (χ3v) is 8.72. The topological polar surface area (TPSA) is 61.0 Å². The van der Waals surface area contributed by atoms with Crippen molar-refractivity contribution in [3.05, 3.63) is 55.7 Å². The minimum Gasteiger partial charge on any atom is -0.458 e. The molecule has 5 rings (SSSR count). The highest BCUT2D eigenvalue weighted by Gasteiger charge is 2.32. The van der Waals surface area contributed by atoms with Crippen molar-refractivity contribution in [1.82, 2.24) is 15.1 Å². The molecule has 0 saturated carbocycles. The van der Waals surface area contributed by atoms with Gasteiger partial charge in [0.15, 0.2) is 0 Å². The van der Waals surface area contributed by atoms with Crippen LogP contribution in [0.3, 0.4) is 0 Å². The Bertz CT molecular complexity index is 1370. The second kappa shape index (κ2) is 8.81.